The van der Waals surface area contributed by atoms with Crippen LogP contribution in [0.25, 0.3) is 6.08 Å². The number of carboxylic acid groups (broad SMARTS) is 1. The van der Waals surface area contributed by atoms with Crippen molar-refractivity contribution in [2.45, 2.75) is 17.9 Å². The van der Waals surface area contributed by atoms with Gasteiger partial charge in [-0.05, 0) is 18.2 Å². The molecule has 1 aromatic rings. The molecule has 1 atom stereocenters. The molecule has 1 rings (SSSR count). The Balaban J connectivity index is 2.48. The quantitative estimate of drug-likeness (QED) is 0.770. The maximum absolute atomic E-state index is 10.3. The van der Waals surface area contributed by atoms with Gasteiger partial charge < -0.3 is 10.2 Å². The first-order chi connectivity index (χ1) is 7.61. The predicted molar refractivity (Wildman–Crippen MR) is 68.8 cm³/mol. The van der Waals surface area contributed by atoms with Crippen LogP contribution in [0.1, 0.15) is 16.7 Å². The van der Waals surface area contributed by atoms with Gasteiger partial charge in [0.25, 0.3) is 0 Å². The summed E-state index contributed by atoms with van der Waals surface area (Å²) in [5.41, 5.74) is 0. The lowest BCUT2D eigenvalue weighted by atomic mass is 10.4. The molecule has 5 heteroatoms. The number of hydrogen-bond donors (Lipinski definition) is 2. The summed E-state index contributed by atoms with van der Waals surface area (Å²) in [7, 11) is 0. The van der Waals surface area contributed by atoms with Gasteiger partial charge in [0, 0.05) is 26.8 Å². The zero-order valence-electron chi connectivity index (χ0n) is 8.92. The van der Waals surface area contributed by atoms with Gasteiger partial charge >= 0.3 is 5.97 Å². The van der Waals surface area contributed by atoms with E-state index < -0.39 is 5.97 Å². The molecule has 0 saturated carbocycles. The van der Waals surface area contributed by atoms with Crippen molar-refractivity contribution >= 4 is 35.1 Å². The standard InChI is InChI=1S/C11H14O3S2/c1-8(6-12)15-7-10-3-2-9(16-10)4-5-11(13)14/h2-5,8,12H,6-7H2,1H3,(H,13,14)/b5-4+. The van der Waals surface area contributed by atoms with Crippen LogP contribution in [0.15, 0.2) is 18.2 Å². The summed E-state index contributed by atoms with van der Waals surface area (Å²) < 4.78 is 0. The third-order valence-electron chi connectivity index (χ3n) is 1.84. The van der Waals surface area contributed by atoms with Crippen LogP contribution in [-0.4, -0.2) is 28.0 Å². The first-order valence-corrected chi connectivity index (χ1v) is 6.70. The van der Waals surface area contributed by atoms with Crippen molar-refractivity contribution in [3.8, 4) is 0 Å². The van der Waals surface area contributed by atoms with Crippen molar-refractivity contribution < 1.29 is 15.0 Å². The Morgan fingerprint density at radius 2 is 2.38 bits per heavy atom. The average Bonchev–Trinajstić information content (AvgIpc) is 2.71. The molecule has 1 aromatic heterocycles. The van der Waals surface area contributed by atoms with Crippen LogP contribution in [-0.2, 0) is 10.5 Å². The van der Waals surface area contributed by atoms with E-state index in [1.165, 1.54) is 4.88 Å². The molecular weight excluding hydrogens is 244 g/mol. The van der Waals surface area contributed by atoms with E-state index in [4.69, 9.17) is 10.2 Å². The van der Waals surface area contributed by atoms with Crippen molar-refractivity contribution in [3.63, 3.8) is 0 Å². The van der Waals surface area contributed by atoms with Crippen molar-refractivity contribution in [2.24, 2.45) is 0 Å². The molecule has 0 spiro atoms. The second-order valence-corrected chi connectivity index (χ2v) is 5.91. The van der Waals surface area contributed by atoms with E-state index >= 15 is 0 Å². The number of thioether (sulfide) groups is 1. The Hall–Kier alpha value is -0.780. The summed E-state index contributed by atoms with van der Waals surface area (Å²) in [6, 6.07) is 3.90. The summed E-state index contributed by atoms with van der Waals surface area (Å²) >= 11 is 3.26. The summed E-state index contributed by atoms with van der Waals surface area (Å²) in [4.78, 5) is 12.4. The molecule has 1 heterocycles. The van der Waals surface area contributed by atoms with E-state index in [2.05, 4.69) is 0 Å². The molecule has 0 radical (unpaired) electrons. The van der Waals surface area contributed by atoms with E-state index in [9.17, 15) is 4.79 Å². The van der Waals surface area contributed by atoms with Crippen LogP contribution in [0.2, 0.25) is 0 Å². The van der Waals surface area contributed by atoms with E-state index in [-0.39, 0.29) is 11.9 Å². The summed E-state index contributed by atoms with van der Waals surface area (Å²) in [6.07, 6.45) is 2.73. The highest BCUT2D eigenvalue weighted by Crippen LogP contribution is 2.24. The van der Waals surface area contributed by atoms with E-state index in [1.807, 2.05) is 19.1 Å². The summed E-state index contributed by atoms with van der Waals surface area (Å²) in [5.74, 6) is -0.0777. The number of thiophene rings is 1. The van der Waals surface area contributed by atoms with Gasteiger partial charge in [-0.15, -0.1) is 11.3 Å². The number of aliphatic hydroxyl groups is 1. The molecular formula is C11H14O3S2. The molecule has 0 fully saturated rings. The first-order valence-electron chi connectivity index (χ1n) is 4.84. The van der Waals surface area contributed by atoms with Gasteiger partial charge in [0.05, 0.1) is 6.61 Å². The molecule has 0 saturated heterocycles. The number of hydrogen-bond acceptors (Lipinski definition) is 4. The third-order valence-corrected chi connectivity index (χ3v) is 4.27. The number of carboxylic acids is 1. The fourth-order valence-electron chi connectivity index (χ4n) is 0.992. The number of aliphatic hydroxyl groups excluding tert-OH is 1. The largest absolute Gasteiger partial charge is 0.478 e. The fraction of sp³-hybridized carbons (Fsp3) is 0.364. The zero-order valence-corrected chi connectivity index (χ0v) is 10.6. The van der Waals surface area contributed by atoms with Gasteiger partial charge in [0.15, 0.2) is 0 Å². The number of rotatable bonds is 6. The summed E-state index contributed by atoms with van der Waals surface area (Å²) in [5, 5.41) is 17.6. The monoisotopic (exact) mass is 258 g/mol. The van der Waals surface area contributed by atoms with Crippen LogP contribution in [0, 0.1) is 0 Å². The van der Waals surface area contributed by atoms with Gasteiger partial charge in [-0.1, -0.05) is 6.92 Å². The molecule has 0 aliphatic carbocycles. The van der Waals surface area contributed by atoms with Crippen molar-refractivity contribution in [1.82, 2.24) is 0 Å². The predicted octanol–water partition coefficient (Wildman–Crippen LogP) is 2.46. The third kappa shape index (κ3) is 4.83. The highest BCUT2D eigenvalue weighted by atomic mass is 32.2. The van der Waals surface area contributed by atoms with Crippen LogP contribution >= 0.6 is 23.1 Å². The van der Waals surface area contributed by atoms with E-state index in [1.54, 1.807) is 29.2 Å². The molecule has 0 aliphatic rings. The topological polar surface area (TPSA) is 57.5 Å². The molecule has 3 nitrogen and oxygen atoms in total. The first kappa shape index (κ1) is 13.3. The van der Waals surface area contributed by atoms with Gasteiger partial charge in [0.1, 0.15) is 0 Å². The molecule has 0 amide bonds. The molecule has 0 bridgehead atoms. The number of aliphatic carboxylic acids is 1. The van der Waals surface area contributed by atoms with Crippen LogP contribution in [0.5, 0.6) is 0 Å². The molecule has 0 aliphatic heterocycles. The normalized spacial score (nSPS) is 13.1. The second kappa shape index (κ2) is 6.73. The minimum Gasteiger partial charge on any atom is -0.478 e. The highest BCUT2D eigenvalue weighted by Gasteiger charge is 2.03. The van der Waals surface area contributed by atoms with Crippen LogP contribution < -0.4 is 0 Å². The molecule has 0 aromatic carbocycles. The minimum atomic E-state index is -0.932. The number of carbonyl (C=O) groups is 1. The lowest BCUT2D eigenvalue weighted by Crippen LogP contribution is -2.01. The Bertz CT molecular complexity index is 371. The lowest BCUT2D eigenvalue weighted by Gasteiger charge is -2.04. The Morgan fingerprint density at radius 3 is 3.00 bits per heavy atom. The van der Waals surface area contributed by atoms with Crippen molar-refractivity contribution in [2.75, 3.05) is 6.61 Å². The fourth-order valence-corrected chi connectivity index (χ4v) is 2.79. The minimum absolute atomic E-state index is 0.182. The van der Waals surface area contributed by atoms with E-state index in [0.717, 1.165) is 16.7 Å². The van der Waals surface area contributed by atoms with Gasteiger partial charge in [-0.25, -0.2) is 4.79 Å². The maximum atomic E-state index is 10.3. The zero-order chi connectivity index (χ0) is 12.0. The average molecular weight is 258 g/mol. The van der Waals surface area contributed by atoms with Crippen molar-refractivity contribution in [3.05, 3.63) is 28.0 Å². The van der Waals surface area contributed by atoms with Crippen LogP contribution in [0.4, 0.5) is 0 Å². The SMILES string of the molecule is CC(CO)SCc1ccc(/C=C/C(=O)O)s1. The van der Waals surface area contributed by atoms with Gasteiger partial charge in [-0.3, -0.25) is 0 Å². The van der Waals surface area contributed by atoms with Crippen molar-refractivity contribution in [1.29, 1.82) is 0 Å². The highest BCUT2D eigenvalue weighted by molar-refractivity contribution is 7.99. The Kier molecular flexibility index (Phi) is 5.59. The molecule has 1 unspecified atom stereocenters. The molecule has 16 heavy (non-hydrogen) atoms. The smallest absolute Gasteiger partial charge is 0.328 e. The van der Waals surface area contributed by atoms with E-state index in [0.29, 0.717) is 0 Å². The molecule has 88 valence electrons. The van der Waals surface area contributed by atoms with Gasteiger partial charge in [-0.2, -0.15) is 11.8 Å². The van der Waals surface area contributed by atoms with Gasteiger partial charge in [0.2, 0.25) is 0 Å². The second-order valence-electron chi connectivity index (χ2n) is 3.28. The van der Waals surface area contributed by atoms with Crippen LogP contribution in [0.3, 0.4) is 0 Å². The Morgan fingerprint density at radius 1 is 1.62 bits per heavy atom. The summed E-state index contributed by atoms with van der Waals surface area (Å²) in [6.45, 7) is 2.16. The lowest BCUT2D eigenvalue weighted by molar-refractivity contribution is -0.131. The molecule has 2 N–H and O–H groups in total. The Labute approximate surface area is 103 Å². The maximum Gasteiger partial charge on any atom is 0.328 e.